The van der Waals surface area contributed by atoms with Crippen LogP contribution in [0.4, 0.5) is 24.7 Å². The van der Waals surface area contributed by atoms with E-state index in [1.54, 1.807) is 19.3 Å². The van der Waals surface area contributed by atoms with Crippen molar-refractivity contribution in [1.29, 1.82) is 0 Å². The summed E-state index contributed by atoms with van der Waals surface area (Å²) in [4.78, 5) is 20.9. The Morgan fingerprint density at radius 3 is 2.61 bits per heavy atom. The Labute approximate surface area is 187 Å². The molecule has 0 aromatic carbocycles. The van der Waals surface area contributed by atoms with Crippen LogP contribution in [0.5, 0.6) is 0 Å². The van der Waals surface area contributed by atoms with Gasteiger partial charge < -0.3 is 14.5 Å². The number of aryl methyl sites for hydroxylation is 1. The van der Waals surface area contributed by atoms with Crippen LogP contribution in [0.1, 0.15) is 30.4 Å². The Bertz CT molecular complexity index is 1200. The Kier molecular flexibility index (Phi) is 4.51. The maximum absolute atomic E-state index is 12.9. The molecule has 1 spiro atoms. The molecule has 0 bridgehead atoms. The Balaban J connectivity index is 1.17. The van der Waals surface area contributed by atoms with E-state index in [4.69, 9.17) is 9.72 Å². The number of rotatable bonds is 3. The topological polar surface area (TPSA) is 85.1 Å². The van der Waals surface area contributed by atoms with Crippen LogP contribution in [0.2, 0.25) is 0 Å². The highest BCUT2D eigenvalue weighted by Gasteiger charge is 2.49. The Morgan fingerprint density at radius 2 is 1.88 bits per heavy atom. The molecule has 3 aromatic heterocycles. The second-order valence-electron chi connectivity index (χ2n) is 9.23. The lowest BCUT2D eigenvalue weighted by atomic mass is 9.78. The largest absolute Gasteiger partial charge is 0.451 e. The van der Waals surface area contributed by atoms with Gasteiger partial charge >= 0.3 is 6.18 Å². The van der Waals surface area contributed by atoms with Gasteiger partial charge in [0.1, 0.15) is 11.3 Å². The summed E-state index contributed by atoms with van der Waals surface area (Å²) in [7, 11) is 0. The van der Waals surface area contributed by atoms with E-state index in [0.717, 1.165) is 62.6 Å². The first-order valence-electron chi connectivity index (χ1n) is 11.0. The van der Waals surface area contributed by atoms with Crippen molar-refractivity contribution in [3.8, 4) is 0 Å². The molecule has 33 heavy (non-hydrogen) atoms. The van der Waals surface area contributed by atoms with Gasteiger partial charge in [-0.2, -0.15) is 18.3 Å². The number of fused-ring (bicyclic) bond motifs is 1. The lowest BCUT2D eigenvalue weighted by Gasteiger charge is -2.49. The molecule has 3 aliphatic rings. The van der Waals surface area contributed by atoms with Crippen LogP contribution in [0.25, 0.3) is 11.2 Å². The van der Waals surface area contributed by atoms with Crippen LogP contribution in [0, 0.1) is 12.3 Å². The summed E-state index contributed by atoms with van der Waals surface area (Å²) < 4.78 is 46.0. The van der Waals surface area contributed by atoms with Gasteiger partial charge in [0.25, 0.3) is 0 Å². The van der Waals surface area contributed by atoms with Gasteiger partial charge in [0.15, 0.2) is 5.65 Å². The zero-order valence-electron chi connectivity index (χ0n) is 18.1. The molecule has 3 fully saturated rings. The molecule has 3 aliphatic heterocycles. The first-order chi connectivity index (χ1) is 15.8. The summed E-state index contributed by atoms with van der Waals surface area (Å²) in [6, 6.07) is 0.186. The lowest BCUT2D eigenvalue weighted by molar-refractivity contribution is -0.145. The first kappa shape index (κ1) is 20.6. The molecule has 0 radical (unpaired) electrons. The van der Waals surface area contributed by atoms with Crippen molar-refractivity contribution in [2.24, 2.45) is 5.41 Å². The predicted molar refractivity (Wildman–Crippen MR) is 113 cm³/mol. The monoisotopic (exact) mass is 460 g/mol. The number of aromatic nitrogens is 6. The van der Waals surface area contributed by atoms with Crippen LogP contribution < -0.4 is 9.80 Å². The fraction of sp³-hybridized carbons (Fsp3) is 0.571. The van der Waals surface area contributed by atoms with Gasteiger partial charge in [0.05, 0.1) is 42.6 Å². The lowest BCUT2D eigenvalue weighted by Crippen LogP contribution is -2.58. The fourth-order valence-electron chi connectivity index (χ4n) is 5.18. The molecule has 6 heterocycles. The molecule has 3 saturated heterocycles. The molecule has 0 aliphatic carbocycles. The number of halogens is 3. The van der Waals surface area contributed by atoms with E-state index in [0.29, 0.717) is 18.0 Å². The number of ether oxygens (including phenoxy) is 1. The van der Waals surface area contributed by atoms with Gasteiger partial charge in [-0.05, 0) is 19.8 Å². The van der Waals surface area contributed by atoms with Gasteiger partial charge in [-0.25, -0.2) is 24.6 Å². The molecule has 6 rings (SSSR count). The zero-order valence-corrected chi connectivity index (χ0v) is 18.1. The van der Waals surface area contributed by atoms with Crippen LogP contribution in [-0.4, -0.2) is 69.1 Å². The van der Waals surface area contributed by atoms with Crippen molar-refractivity contribution >= 4 is 22.7 Å². The average Bonchev–Trinajstić information content (AvgIpc) is 3.50. The zero-order chi connectivity index (χ0) is 22.8. The highest BCUT2D eigenvalue weighted by molar-refractivity contribution is 5.71. The third-order valence-corrected chi connectivity index (χ3v) is 6.90. The smallest absolute Gasteiger partial charge is 0.379 e. The van der Waals surface area contributed by atoms with Gasteiger partial charge in [0.2, 0.25) is 5.82 Å². The van der Waals surface area contributed by atoms with Crippen LogP contribution >= 0.6 is 0 Å². The Hall–Kier alpha value is -3.02. The van der Waals surface area contributed by atoms with Gasteiger partial charge in [0, 0.05) is 38.2 Å². The van der Waals surface area contributed by atoms with E-state index in [-0.39, 0.29) is 11.5 Å². The van der Waals surface area contributed by atoms with Crippen LogP contribution in [0.3, 0.4) is 0 Å². The fourth-order valence-corrected chi connectivity index (χ4v) is 5.18. The average molecular weight is 460 g/mol. The third kappa shape index (κ3) is 3.47. The number of hydrogen-bond donors (Lipinski definition) is 0. The SMILES string of the molecule is Cc1nc(C(F)(F)F)ncc1N1CC2(CCN(c3cnc4cnn([C@H]5CCOC5)c4n3)C2)C1. The third-order valence-electron chi connectivity index (χ3n) is 6.90. The van der Waals surface area contributed by atoms with E-state index >= 15 is 0 Å². The predicted octanol–water partition coefficient (Wildman–Crippen LogP) is 2.62. The highest BCUT2D eigenvalue weighted by Crippen LogP contribution is 2.43. The van der Waals surface area contributed by atoms with Crippen molar-refractivity contribution in [3.63, 3.8) is 0 Å². The van der Waals surface area contributed by atoms with Gasteiger partial charge in [-0.1, -0.05) is 0 Å². The first-order valence-corrected chi connectivity index (χ1v) is 11.0. The number of hydrogen-bond acceptors (Lipinski definition) is 8. The summed E-state index contributed by atoms with van der Waals surface area (Å²) in [6.45, 7) is 6.16. The molecule has 1 atom stereocenters. The van der Waals surface area contributed by atoms with E-state index in [1.807, 2.05) is 4.68 Å². The van der Waals surface area contributed by atoms with E-state index in [9.17, 15) is 13.2 Å². The summed E-state index contributed by atoms with van der Waals surface area (Å²) >= 11 is 0. The minimum absolute atomic E-state index is 0.0747. The van der Waals surface area contributed by atoms with Crippen molar-refractivity contribution in [2.75, 3.05) is 49.2 Å². The summed E-state index contributed by atoms with van der Waals surface area (Å²) in [5.74, 6) is -0.268. The van der Waals surface area contributed by atoms with E-state index < -0.39 is 12.0 Å². The van der Waals surface area contributed by atoms with E-state index in [1.165, 1.54) is 6.20 Å². The quantitative estimate of drug-likeness (QED) is 0.590. The van der Waals surface area contributed by atoms with Gasteiger partial charge in [-0.3, -0.25) is 0 Å². The standard InChI is InChI=1S/C21H23F3N8O/c1-13-16(7-26-19(28-13)21(22,23)24)31-11-20(12-31)3-4-30(10-20)17-8-25-15-6-27-32(18(15)29-17)14-2-5-33-9-14/h6-8,14H,2-5,9-12H2,1H3/t14-/m0/s1. The Morgan fingerprint density at radius 1 is 1.06 bits per heavy atom. The number of alkyl halides is 3. The molecule has 0 unspecified atom stereocenters. The molecule has 174 valence electrons. The molecule has 0 N–H and O–H groups in total. The number of nitrogens with zero attached hydrogens (tertiary/aromatic N) is 8. The number of anilines is 2. The van der Waals surface area contributed by atoms with Gasteiger partial charge in [-0.15, -0.1) is 0 Å². The maximum Gasteiger partial charge on any atom is 0.451 e. The van der Waals surface area contributed by atoms with Crippen molar-refractivity contribution in [1.82, 2.24) is 29.7 Å². The maximum atomic E-state index is 12.9. The molecule has 0 amide bonds. The normalized spacial score (nSPS) is 22.5. The van der Waals surface area contributed by atoms with Crippen LogP contribution in [-0.2, 0) is 10.9 Å². The summed E-state index contributed by atoms with van der Waals surface area (Å²) in [5, 5.41) is 4.48. The minimum Gasteiger partial charge on any atom is -0.379 e. The van der Waals surface area contributed by atoms with Crippen molar-refractivity contribution in [2.45, 2.75) is 32.0 Å². The second-order valence-corrected chi connectivity index (χ2v) is 9.23. The van der Waals surface area contributed by atoms with Crippen LogP contribution in [0.15, 0.2) is 18.6 Å². The molecule has 9 nitrogen and oxygen atoms in total. The molecule has 12 heteroatoms. The minimum atomic E-state index is -4.53. The van der Waals surface area contributed by atoms with E-state index in [2.05, 4.69) is 29.9 Å². The van der Waals surface area contributed by atoms with Crippen molar-refractivity contribution in [3.05, 3.63) is 30.1 Å². The summed E-state index contributed by atoms with van der Waals surface area (Å²) in [6.07, 6.45) is 2.20. The molecule has 3 aromatic rings. The molecular weight excluding hydrogens is 437 g/mol. The molecule has 0 saturated carbocycles. The molecular formula is C21H23F3N8O. The second kappa shape index (κ2) is 7.24. The van der Waals surface area contributed by atoms with Crippen molar-refractivity contribution < 1.29 is 17.9 Å². The summed E-state index contributed by atoms with van der Waals surface area (Å²) in [5.41, 5.74) is 2.63. The highest BCUT2D eigenvalue weighted by atomic mass is 19.4.